The molecule has 16 heteroatoms. The van der Waals surface area contributed by atoms with Crippen LogP contribution < -0.4 is 0 Å². The molecule has 9 N–H and O–H groups in total. The number of carbonyl (C=O) groups excluding carboxylic acids is 3. The van der Waals surface area contributed by atoms with Crippen molar-refractivity contribution >= 4 is 24.0 Å². The van der Waals surface area contributed by atoms with Crippen LogP contribution in [0.5, 0.6) is 40.2 Å². The SMILES string of the molecule is O=C(/C=C/c1ccc(O)cc1)O[C@@H]1O[C@@H]2COC(=O)c3cc(O)c(O)c(O)c3-c3c(cc(O)c(O)c3O)C(=O)O[C@H]2[C@@H](O)[C@H]1O. The number of cyclic esters (lactones) is 1. The van der Waals surface area contributed by atoms with Crippen molar-refractivity contribution in [2.45, 2.75) is 30.7 Å². The van der Waals surface area contributed by atoms with E-state index < -0.39 is 112 Å². The summed E-state index contributed by atoms with van der Waals surface area (Å²) in [5.74, 6) is -10.9. The number of fused-ring (bicyclic) bond motifs is 4. The molecule has 0 bridgehead atoms. The first kappa shape index (κ1) is 30.7. The molecular weight excluding hydrogens is 604 g/mol. The first-order valence-electron chi connectivity index (χ1n) is 12.9. The van der Waals surface area contributed by atoms with Crippen LogP contribution in [0.25, 0.3) is 17.2 Å². The zero-order valence-electron chi connectivity index (χ0n) is 22.6. The maximum absolute atomic E-state index is 13.4. The number of esters is 3. The van der Waals surface area contributed by atoms with Crippen molar-refractivity contribution in [3.63, 3.8) is 0 Å². The van der Waals surface area contributed by atoms with Gasteiger partial charge < -0.3 is 64.9 Å². The Balaban J connectivity index is 1.52. The third-order valence-corrected chi connectivity index (χ3v) is 7.00. The standard InChI is InChI=1S/C29H24O16/c30-11-4-1-10(2-5-11)3-6-17(33)44-29-25(39)24(38)26-16(43-29)9-42-27(40)12-7-14(31)20(34)22(36)18(12)19-13(28(41)45-26)8-15(32)21(35)23(19)37/h1-8,16,24-26,29-32,34-39H,9H2/b6-3+/t16-,24+,25-,26-,29+/m1/s1. The molecule has 5 rings (SSSR count). The maximum atomic E-state index is 13.4. The Morgan fingerprint density at radius 2 is 1.33 bits per heavy atom. The molecule has 0 aliphatic carbocycles. The summed E-state index contributed by atoms with van der Waals surface area (Å²) in [6, 6.07) is 6.91. The van der Waals surface area contributed by atoms with Crippen molar-refractivity contribution in [2.24, 2.45) is 0 Å². The monoisotopic (exact) mass is 628 g/mol. The lowest BCUT2D eigenvalue weighted by molar-refractivity contribution is -0.290. The van der Waals surface area contributed by atoms with Gasteiger partial charge in [0, 0.05) is 17.2 Å². The first-order valence-corrected chi connectivity index (χ1v) is 12.9. The Labute approximate surface area is 251 Å². The predicted molar refractivity (Wildman–Crippen MR) is 145 cm³/mol. The minimum Gasteiger partial charge on any atom is -0.508 e. The largest absolute Gasteiger partial charge is 0.508 e. The molecule has 0 spiro atoms. The number of rotatable bonds is 3. The molecule has 0 radical (unpaired) electrons. The zero-order chi connectivity index (χ0) is 32.7. The van der Waals surface area contributed by atoms with Crippen LogP contribution in [-0.4, -0.2) is 101 Å². The fourth-order valence-corrected chi connectivity index (χ4v) is 4.73. The van der Waals surface area contributed by atoms with Gasteiger partial charge in [-0.15, -0.1) is 0 Å². The van der Waals surface area contributed by atoms with Crippen LogP contribution in [0.1, 0.15) is 26.3 Å². The fourth-order valence-electron chi connectivity index (χ4n) is 4.73. The van der Waals surface area contributed by atoms with E-state index in [0.29, 0.717) is 17.7 Å². The van der Waals surface area contributed by atoms with Crippen molar-refractivity contribution < 1.29 is 79.3 Å². The van der Waals surface area contributed by atoms with Gasteiger partial charge in [-0.05, 0) is 35.9 Å². The van der Waals surface area contributed by atoms with Crippen LogP contribution in [0.15, 0.2) is 42.5 Å². The second-order valence-corrected chi connectivity index (χ2v) is 9.89. The van der Waals surface area contributed by atoms with Crippen molar-refractivity contribution in [2.75, 3.05) is 6.61 Å². The lowest BCUT2D eigenvalue weighted by atomic mass is 9.92. The Bertz CT molecular complexity index is 1710. The van der Waals surface area contributed by atoms with E-state index >= 15 is 0 Å². The minimum atomic E-state index is -2.06. The van der Waals surface area contributed by atoms with E-state index in [2.05, 4.69) is 0 Å². The molecule has 1 fully saturated rings. The molecule has 0 aromatic heterocycles. The topological polar surface area (TPSA) is 270 Å². The average molecular weight is 628 g/mol. The van der Waals surface area contributed by atoms with Crippen LogP contribution in [0.4, 0.5) is 0 Å². The molecule has 0 unspecified atom stereocenters. The summed E-state index contributed by atoms with van der Waals surface area (Å²) in [5.41, 5.74) is -2.77. The number of carbonyl (C=O) groups is 3. The molecule has 2 heterocycles. The van der Waals surface area contributed by atoms with Crippen LogP contribution in [0.2, 0.25) is 0 Å². The molecule has 2 aliphatic rings. The van der Waals surface area contributed by atoms with Gasteiger partial charge >= 0.3 is 17.9 Å². The van der Waals surface area contributed by atoms with Gasteiger partial charge in [0.25, 0.3) is 0 Å². The molecule has 16 nitrogen and oxygen atoms in total. The summed E-state index contributed by atoms with van der Waals surface area (Å²) in [5, 5.41) is 92.8. The molecule has 5 atom stereocenters. The molecule has 45 heavy (non-hydrogen) atoms. The van der Waals surface area contributed by atoms with E-state index in [1.54, 1.807) is 0 Å². The van der Waals surface area contributed by atoms with Crippen molar-refractivity contribution in [3.05, 3.63) is 59.2 Å². The van der Waals surface area contributed by atoms with Gasteiger partial charge in [0.2, 0.25) is 17.8 Å². The highest BCUT2D eigenvalue weighted by Crippen LogP contribution is 2.52. The minimum absolute atomic E-state index is 0.00900. The summed E-state index contributed by atoms with van der Waals surface area (Å²) in [6.45, 7) is -0.862. The number of aromatic hydroxyl groups is 7. The maximum Gasteiger partial charge on any atom is 0.339 e. The normalized spacial score (nSPS) is 23.1. The molecule has 236 valence electrons. The second-order valence-electron chi connectivity index (χ2n) is 9.89. The summed E-state index contributed by atoms with van der Waals surface area (Å²) < 4.78 is 21.2. The predicted octanol–water partition coefficient (Wildman–Crippen LogP) is 0.692. The van der Waals surface area contributed by atoms with Crippen LogP contribution in [0.3, 0.4) is 0 Å². The van der Waals surface area contributed by atoms with Gasteiger partial charge in [0.05, 0.1) is 11.1 Å². The van der Waals surface area contributed by atoms with Crippen molar-refractivity contribution in [3.8, 4) is 51.4 Å². The lowest BCUT2D eigenvalue weighted by Gasteiger charge is -2.41. The third-order valence-electron chi connectivity index (χ3n) is 7.00. The van der Waals surface area contributed by atoms with E-state index in [1.807, 2.05) is 0 Å². The highest BCUT2D eigenvalue weighted by Gasteiger charge is 2.49. The third kappa shape index (κ3) is 5.67. The van der Waals surface area contributed by atoms with Gasteiger partial charge in [0.1, 0.15) is 30.7 Å². The lowest BCUT2D eigenvalue weighted by Crippen LogP contribution is -2.61. The van der Waals surface area contributed by atoms with Gasteiger partial charge in [-0.3, -0.25) is 0 Å². The Hall–Kier alpha value is -5.71. The molecule has 3 aromatic rings. The number of phenolic OH excluding ortho intramolecular Hbond substituents is 7. The van der Waals surface area contributed by atoms with Gasteiger partial charge in [-0.25, -0.2) is 14.4 Å². The Kier molecular flexibility index (Phi) is 8.03. The fraction of sp³-hybridized carbons (Fsp3) is 0.207. The average Bonchev–Trinajstić information content (AvgIpc) is 3.02. The molecular formula is C29H24O16. The Morgan fingerprint density at radius 3 is 1.91 bits per heavy atom. The number of benzene rings is 3. The number of phenols is 7. The Morgan fingerprint density at radius 1 is 0.778 bits per heavy atom. The smallest absolute Gasteiger partial charge is 0.339 e. The van der Waals surface area contributed by atoms with E-state index in [9.17, 15) is 60.3 Å². The summed E-state index contributed by atoms with van der Waals surface area (Å²) in [4.78, 5) is 39.1. The van der Waals surface area contributed by atoms with Crippen molar-refractivity contribution in [1.29, 1.82) is 0 Å². The van der Waals surface area contributed by atoms with Gasteiger partial charge in [0.15, 0.2) is 29.1 Å². The molecule has 2 aliphatic heterocycles. The van der Waals surface area contributed by atoms with E-state index in [0.717, 1.165) is 6.08 Å². The quantitative estimate of drug-likeness (QED) is 0.0835. The number of aliphatic hydroxyl groups excluding tert-OH is 2. The molecule has 0 amide bonds. The first-order chi connectivity index (χ1) is 21.3. The van der Waals surface area contributed by atoms with E-state index in [4.69, 9.17) is 18.9 Å². The highest BCUT2D eigenvalue weighted by molar-refractivity contribution is 6.08. The zero-order valence-corrected chi connectivity index (χ0v) is 22.6. The van der Waals surface area contributed by atoms with E-state index in [1.165, 1.54) is 30.3 Å². The van der Waals surface area contributed by atoms with Crippen LogP contribution >= 0.6 is 0 Å². The van der Waals surface area contributed by atoms with Gasteiger partial charge in [-0.1, -0.05) is 12.1 Å². The van der Waals surface area contributed by atoms with Crippen molar-refractivity contribution in [1.82, 2.24) is 0 Å². The number of hydrogen-bond donors (Lipinski definition) is 9. The van der Waals surface area contributed by atoms with Crippen LogP contribution in [0, 0.1) is 0 Å². The summed E-state index contributed by atoms with van der Waals surface area (Å²) >= 11 is 0. The van der Waals surface area contributed by atoms with Gasteiger partial charge in [-0.2, -0.15) is 0 Å². The number of ether oxygens (including phenoxy) is 4. The van der Waals surface area contributed by atoms with E-state index in [-0.39, 0.29) is 5.75 Å². The van der Waals surface area contributed by atoms with Crippen LogP contribution in [-0.2, 0) is 23.7 Å². The number of aliphatic hydroxyl groups is 2. The summed E-state index contributed by atoms with van der Waals surface area (Å²) in [7, 11) is 0. The second kappa shape index (κ2) is 11.8. The molecule has 0 saturated carbocycles. The summed E-state index contributed by atoms with van der Waals surface area (Å²) in [6.07, 6.45) is -7.22. The molecule has 1 saturated heterocycles. The molecule has 3 aromatic carbocycles. The number of hydrogen-bond acceptors (Lipinski definition) is 16. The highest BCUT2D eigenvalue weighted by atomic mass is 16.7.